The van der Waals surface area contributed by atoms with Gasteiger partial charge in [0.25, 0.3) is 0 Å². The number of aromatic amines is 2. The van der Waals surface area contributed by atoms with Crippen LogP contribution in [-0.4, -0.2) is 58.2 Å². The van der Waals surface area contributed by atoms with Crippen molar-refractivity contribution in [3.63, 3.8) is 0 Å². The molecule has 6 nitrogen and oxygen atoms in total. The lowest BCUT2D eigenvalue weighted by molar-refractivity contribution is 0.145. The van der Waals surface area contributed by atoms with Gasteiger partial charge >= 0.3 is 5.69 Å². The molecule has 14 heavy (non-hydrogen) atoms. The lowest BCUT2D eigenvalue weighted by Crippen LogP contribution is -2.44. The Morgan fingerprint density at radius 2 is 2.07 bits per heavy atom. The molecular formula is C8H15N5O. The van der Waals surface area contributed by atoms with Crippen molar-refractivity contribution >= 4 is 0 Å². The number of aromatic nitrogens is 3. The molecule has 2 heterocycles. The second-order valence-electron chi connectivity index (χ2n) is 3.70. The maximum absolute atomic E-state index is 10.8. The normalized spacial score (nSPS) is 20.1. The first kappa shape index (κ1) is 9.42. The van der Waals surface area contributed by atoms with Gasteiger partial charge in [-0.2, -0.15) is 5.10 Å². The molecule has 0 spiro atoms. The molecule has 0 saturated carbocycles. The van der Waals surface area contributed by atoms with Gasteiger partial charge < -0.3 is 4.90 Å². The number of nitrogens with one attached hydrogen (secondary N) is 2. The molecule has 2 N–H and O–H groups in total. The van der Waals surface area contributed by atoms with Gasteiger partial charge in [-0.3, -0.25) is 9.88 Å². The average Bonchev–Trinajstić information content (AvgIpc) is 2.56. The number of nitrogens with zero attached hydrogens (tertiary/aromatic N) is 3. The summed E-state index contributed by atoms with van der Waals surface area (Å²) in [6, 6.07) is 0. The minimum absolute atomic E-state index is 0.228. The van der Waals surface area contributed by atoms with Crippen LogP contribution < -0.4 is 5.69 Å². The molecule has 1 aromatic heterocycles. The molecular weight excluding hydrogens is 182 g/mol. The predicted molar refractivity (Wildman–Crippen MR) is 52.0 cm³/mol. The fourth-order valence-corrected chi connectivity index (χ4v) is 1.60. The standard InChI is InChI=1S/C8H15N5O/c1-12-2-4-13(5-3-12)6-7-9-8(14)11-10-7/h2-6H2,1H3,(H2,9,10,11,14). The van der Waals surface area contributed by atoms with E-state index in [1.165, 1.54) is 0 Å². The summed E-state index contributed by atoms with van der Waals surface area (Å²) in [5.74, 6) is 0.722. The summed E-state index contributed by atoms with van der Waals surface area (Å²) >= 11 is 0. The highest BCUT2D eigenvalue weighted by Gasteiger charge is 2.14. The smallest absolute Gasteiger partial charge is 0.304 e. The van der Waals surface area contributed by atoms with Gasteiger partial charge in [0, 0.05) is 26.2 Å². The van der Waals surface area contributed by atoms with Crippen molar-refractivity contribution in [1.82, 2.24) is 25.0 Å². The average molecular weight is 197 g/mol. The van der Waals surface area contributed by atoms with Gasteiger partial charge in [0.1, 0.15) is 5.82 Å². The lowest BCUT2D eigenvalue weighted by Gasteiger charge is -2.31. The van der Waals surface area contributed by atoms with E-state index < -0.39 is 0 Å². The second kappa shape index (κ2) is 3.93. The fourth-order valence-electron chi connectivity index (χ4n) is 1.60. The second-order valence-corrected chi connectivity index (χ2v) is 3.70. The molecule has 2 rings (SSSR count). The van der Waals surface area contributed by atoms with Crippen LogP contribution in [0.5, 0.6) is 0 Å². The molecule has 1 aliphatic heterocycles. The highest BCUT2D eigenvalue weighted by atomic mass is 16.1. The molecule has 0 atom stereocenters. The van der Waals surface area contributed by atoms with Gasteiger partial charge in [0.2, 0.25) is 0 Å². The topological polar surface area (TPSA) is 68.0 Å². The van der Waals surface area contributed by atoms with Crippen LogP contribution in [0.4, 0.5) is 0 Å². The SMILES string of the molecule is CN1CCN(Cc2n[nH]c(=O)[nH]2)CC1. The molecule has 1 aliphatic rings. The first-order valence-electron chi connectivity index (χ1n) is 4.78. The zero-order chi connectivity index (χ0) is 9.97. The molecule has 0 bridgehead atoms. The molecule has 0 amide bonds. The monoisotopic (exact) mass is 197 g/mol. The summed E-state index contributed by atoms with van der Waals surface area (Å²) in [5.41, 5.74) is -0.228. The van der Waals surface area contributed by atoms with Crippen molar-refractivity contribution in [2.45, 2.75) is 6.54 Å². The third-order valence-corrected chi connectivity index (χ3v) is 2.52. The number of likely N-dealkylation sites (N-methyl/N-ethyl adjacent to an activating group) is 1. The summed E-state index contributed by atoms with van der Waals surface area (Å²) in [6.45, 7) is 4.95. The summed E-state index contributed by atoms with van der Waals surface area (Å²) < 4.78 is 0. The summed E-state index contributed by atoms with van der Waals surface area (Å²) in [4.78, 5) is 18.0. The minimum atomic E-state index is -0.228. The Morgan fingerprint density at radius 3 is 2.64 bits per heavy atom. The zero-order valence-electron chi connectivity index (χ0n) is 8.29. The number of H-pyrrole nitrogens is 2. The van der Waals surface area contributed by atoms with Crippen LogP contribution in [0.3, 0.4) is 0 Å². The van der Waals surface area contributed by atoms with E-state index >= 15 is 0 Å². The van der Waals surface area contributed by atoms with Crippen LogP contribution in [0.1, 0.15) is 5.82 Å². The Balaban J connectivity index is 1.89. The van der Waals surface area contributed by atoms with Gasteiger partial charge in [0.05, 0.1) is 6.54 Å². The fraction of sp³-hybridized carbons (Fsp3) is 0.750. The van der Waals surface area contributed by atoms with Gasteiger partial charge in [-0.15, -0.1) is 0 Å². The van der Waals surface area contributed by atoms with E-state index in [1.54, 1.807) is 0 Å². The van der Waals surface area contributed by atoms with E-state index in [9.17, 15) is 4.79 Å². The number of piperazine rings is 1. The van der Waals surface area contributed by atoms with Crippen molar-refractivity contribution in [3.8, 4) is 0 Å². The van der Waals surface area contributed by atoms with Crippen LogP contribution in [0.15, 0.2) is 4.79 Å². The number of rotatable bonds is 2. The van der Waals surface area contributed by atoms with Crippen molar-refractivity contribution in [1.29, 1.82) is 0 Å². The van der Waals surface area contributed by atoms with Gasteiger partial charge in [-0.1, -0.05) is 0 Å². The third-order valence-electron chi connectivity index (χ3n) is 2.52. The van der Waals surface area contributed by atoms with Crippen molar-refractivity contribution in [3.05, 3.63) is 16.3 Å². The maximum atomic E-state index is 10.8. The maximum Gasteiger partial charge on any atom is 0.340 e. The Morgan fingerprint density at radius 1 is 1.36 bits per heavy atom. The molecule has 1 aromatic rings. The van der Waals surface area contributed by atoms with Crippen molar-refractivity contribution in [2.24, 2.45) is 0 Å². The van der Waals surface area contributed by atoms with E-state index in [1.807, 2.05) is 0 Å². The van der Waals surface area contributed by atoms with E-state index in [2.05, 4.69) is 32.0 Å². The van der Waals surface area contributed by atoms with Gasteiger partial charge in [-0.05, 0) is 7.05 Å². The molecule has 0 unspecified atom stereocenters. The predicted octanol–water partition coefficient (Wildman–Crippen LogP) is -1.15. The van der Waals surface area contributed by atoms with Crippen molar-refractivity contribution in [2.75, 3.05) is 33.2 Å². The quantitative estimate of drug-likeness (QED) is 0.628. The molecule has 1 saturated heterocycles. The molecule has 6 heteroatoms. The summed E-state index contributed by atoms with van der Waals surface area (Å²) in [6.07, 6.45) is 0. The van der Waals surface area contributed by atoms with E-state index in [-0.39, 0.29) is 5.69 Å². The Bertz CT molecular complexity index is 336. The molecule has 1 fully saturated rings. The van der Waals surface area contributed by atoms with E-state index in [0.717, 1.165) is 38.5 Å². The summed E-state index contributed by atoms with van der Waals surface area (Å²) in [7, 11) is 2.12. The Labute approximate surface area is 81.9 Å². The highest BCUT2D eigenvalue weighted by Crippen LogP contribution is 2.01. The lowest BCUT2D eigenvalue weighted by atomic mass is 10.3. The first-order chi connectivity index (χ1) is 6.74. The first-order valence-corrected chi connectivity index (χ1v) is 4.78. The summed E-state index contributed by atoms with van der Waals surface area (Å²) in [5, 5.41) is 6.25. The van der Waals surface area contributed by atoms with Crippen LogP contribution in [-0.2, 0) is 6.54 Å². The van der Waals surface area contributed by atoms with Gasteiger partial charge in [0.15, 0.2) is 0 Å². The molecule has 0 aliphatic carbocycles. The van der Waals surface area contributed by atoms with E-state index in [4.69, 9.17) is 0 Å². The molecule has 0 radical (unpaired) electrons. The number of hydrogen-bond acceptors (Lipinski definition) is 4. The van der Waals surface area contributed by atoms with E-state index in [0.29, 0.717) is 0 Å². The largest absolute Gasteiger partial charge is 0.340 e. The third kappa shape index (κ3) is 2.21. The van der Waals surface area contributed by atoms with Crippen LogP contribution >= 0.6 is 0 Å². The minimum Gasteiger partial charge on any atom is -0.304 e. The van der Waals surface area contributed by atoms with Crippen LogP contribution in [0.2, 0.25) is 0 Å². The Hall–Kier alpha value is -1.14. The van der Waals surface area contributed by atoms with Crippen molar-refractivity contribution < 1.29 is 0 Å². The molecule has 0 aromatic carbocycles. The van der Waals surface area contributed by atoms with Gasteiger partial charge in [-0.25, -0.2) is 9.89 Å². The number of hydrogen-bond donors (Lipinski definition) is 2. The van der Waals surface area contributed by atoms with Crippen LogP contribution in [0, 0.1) is 0 Å². The molecule has 78 valence electrons. The Kier molecular flexibility index (Phi) is 2.64. The zero-order valence-corrected chi connectivity index (χ0v) is 8.29. The van der Waals surface area contributed by atoms with Crippen LogP contribution in [0.25, 0.3) is 0 Å². The highest BCUT2D eigenvalue weighted by molar-refractivity contribution is 4.82.